The Labute approximate surface area is 155 Å². The monoisotopic (exact) mass is 362 g/mol. The second-order valence-electron chi connectivity index (χ2n) is 7.12. The number of piperidine rings is 1. The summed E-state index contributed by atoms with van der Waals surface area (Å²) in [6.07, 6.45) is 5.85. The summed E-state index contributed by atoms with van der Waals surface area (Å²) in [7, 11) is 1.71. The van der Waals surface area contributed by atoms with Gasteiger partial charge in [0.1, 0.15) is 11.4 Å². The lowest BCUT2D eigenvalue weighted by Crippen LogP contribution is -2.38. The first-order valence-corrected chi connectivity index (χ1v) is 8.89. The summed E-state index contributed by atoms with van der Waals surface area (Å²) in [4.78, 5) is 2.59. The van der Waals surface area contributed by atoms with Crippen LogP contribution in [-0.2, 0) is 6.54 Å². The van der Waals surface area contributed by atoms with Crippen LogP contribution in [0.5, 0.6) is 5.75 Å². The van der Waals surface area contributed by atoms with Gasteiger partial charge < -0.3 is 10.1 Å². The number of likely N-dealkylation sites (tertiary alicyclic amines) is 1. The number of hydrogen-bond donors (Lipinski definition) is 1. The number of ether oxygens (including phenoxy) is 1. The molecular weight excluding hydrogens is 336 g/mol. The number of aromatic nitrogens is 2. The highest BCUT2D eigenvalue weighted by Gasteiger charge is 2.38. The molecule has 5 nitrogen and oxygen atoms in total. The summed E-state index contributed by atoms with van der Waals surface area (Å²) in [5.41, 5.74) is 2.78. The molecule has 1 N–H and O–H groups in total. The van der Waals surface area contributed by atoms with Gasteiger partial charge in [-0.2, -0.15) is 5.10 Å². The van der Waals surface area contributed by atoms with E-state index in [0.29, 0.717) is 5.41 Å². The number of halogens is 1. The zero-order valence-electron chi connectivity index (χ0n) is 14.8. The molecule has 1 spiro atoms. The van der Waals surface area contributed by atoms with E-state index in [0.717, 1.165) is 18.0 Å². The Kier molecular flexibility index (Phi) is 5.67. The minimum Gasteiger partial charge on any atom is -0.494 e. The van der Waals surface area contributed by atoms with Gasteiger partial charge in [0, 0.05) is 19.3 Å². The molecule has 2 fully saturated rings. The van der Waals surface area contributed by atoms with Crippen molar-refractivity contribution in [3.8, 4) is 11.4 Å². The number of nitrogens with zero attached hydrogens (tertiary/aromatic N) is 3. The van der Waals surface area contributed by atoms with Crippen LogP contribution >= 0.6 is 12.4 Å². The maximum atomic E-state index is 5.50. The highest BCUT2D eigenvalue weighted by molar-refractivity contribution is 5.85. The fraction of sp³-hybridized carbons (Fsp3) is 0.526. The van der Waals surface area contributed by atoms with E-state index >= 15 is 0 Å². The van der Waals surface area contributed by atoms with Crippen LogP contribution in [0, 0.1) is 5.41 Å². The van der Waals surface area contributed by atoms with E-state index < -0.39 is 0 Å². The van der Waals surface area contributed by atoms with Gasteiger partial charge in [0.25, 0.3) is 0 Å². The van der Waals surface area contributed by atoms with E-state index in [1.807, 2.05) is 29.1 Å². The molecule has 0 radical (unpaired) electrons. The maximum absolute atomic E-state index is 5.50. The van der Waals surface area contributed by atoms with E-state index in [-0.39, 0.29) is 12.4 Å². The summed E-state index contributed by atoms with van der Waals surface area (Å²) in [5.74, 6) is 0.860. The third-order valence-electron chi connectivity index (χ3n) is 5.60. The standard InChI is InChI=1S/C19H26N4O.ClH/c1-24-18-5-3-2-4-17(18)23-16(6-10-21-23)14-22-13-9-19(15-22)7-11-20-12-8-19;/h2-6,10,20H,7-9,11-15H2,1H3;1H. The Balaban J connectivity index is 0.00000182. The van der Waals surface area contributed by atoms with Gasteiger partial charge in [0.2, 0.25) is 0 Å². The van der Waals surface area contributed by atoms with Crippen molar-refractivity contribution in [1.29, 1.82) is 0 Å². The highest BCUT2D eigenvalue weighted by atomic mass is 35.5. The Morgan fingerprint density at radius 2 is 1.96 bits per heavy atom. The first-order valence-electron chi connectivity index (χ1n) is 8.89. The normalized spacial score (nSPS) is 19.7. The molecule has 25 heavy (non-hydrogen) atoms. The summed E-state index contributed by atoms with van der Waals surface area (Å²) >= 11 is 0. The van der Waals surface area contributed by atoms with E-state index in [1.165, 1.54) is 51.1 Å². The van der Waals surface area contributed by atoms with Crippen molar-refractivity contribution in [2.75, 3.05) is 33.3 Å². The van der Waals surface area contributed by atoms with Crippen molar-refractivity contribution in [2.24, 2.45) is 5.41 Å². The van der Waals surface area contributed by atoms with Crippen LogP contribution in [-0.4, -0.2) is 48.0 Å². The molecule has 4 rings (SSSR count). The molecule has 2 aliphatic heterocycles. The summed E-state index contributed by atoms with van der Waals surface area (Å²) in [6, 6.07) is 10.2. The predicted molar refractivity (Wildman–Crippen MR) is 102 cm³/mol. The Morgan fingerprint density at radius 3 is 2.76 bits per heavy atom. The Bertz CT molecular complexity index is 696. The van der Waals surface area contributed by atoms with Crippen LogP contribution < -0.4 is 10.1 Å². The second kappa shape index (κ2) is 7.77. The van der Waals surface area contributed by atoms with Gasteiger partial charge in [0.15, 0.2) is 0 Å². The molecule has 2 aromatic rings. The van der Waals surface area contributed by atoms with Crippen LogP contribution in [0.3, 0.4) is 0 Å². The number of para-hydroxylation sites is 2. The van der Waals surface area contributed by atoms with E-state index in [1.54, 1.807) is 7.11 Å². The number of hydrogen-bond acceptors (Lipinski definition) is 4. The van der Waals surface area contributed by atoms with Crippen LogP contribution in [0.25, 0.3) is 5.69 Å². The lowest BCUT2D eigenvalue weighted by atomic mass is 9.78. The van der Waals surface area contributed by atoms with E-state index in [9.17, 15) is 0 Å². The van der Waals surface area contributed by atoms with Crippen LogP contribution in [0.2, 0.25) is 0 Å². The number of rotatable bonds is 4. The molecule has 0 bridgehead atoms. The molecule has 0 saturated carbocycles. The molecule has 1 aromatic carbocycles. The zero-order chi connectivity index (χ0) is 16.4. The first-order chi connectivity index (χ1) is 11.8. The lowest BCUT2D eigenvalue weighted by molar-refractivity contribution is 0.192. The number of methoxy groups -OCH3 is 1. The van der Waals surface area contributed by atoms with Crippen LogP contribution in [0.1, 0.15) is 25.0 Å². The summed E-state index contributed by atoms with van der Waals surface area (Å²) < 4.78 is 7.52. The molecule has 0 amide bonds. The van der Waals surface area contributed by atoms with Gasteiger partial charge in [-0.05, 0) is 62.5 Å². The van der Waals surface area contributed by atoms with Crippen molar-refractivity contribution in [1.82, 2.24) is 20.0 Å². The Hall–Kier alpha value is -1.56. The molecule has 0 atom stereocenters. The van der Waals surface area contributed by atoms with Gasteiger partial charge in [-0.15, -0.1) is 12.4 Å². The minimum atomic E-state index is 0. The third-order valence-corrected chi connectivity index (χ3v) is 5.60. The van der Waals surface area contributed by atoms with Gasteiger partial charge in [-0.1, -0.05) is 12.1 Å². The van der Waals surface area contributed by atoms with Gasteiger partial charge >= 0.3 is 0 Å². The van der Waals surface area contributed by atoms with Crippen molar-refractivity contribution in [3.05, 3.63) is 42.2 Å². The number of benzene rings is 1. The molecule has 2 saturated heterocycles. The fourth-order valence-electron chi connectivity index (χ4n) is 4.23. The predicted octanol–water partition coefficient (Wildman–Crippen LogP) is 2.88. The third kappa shape index (κ3) is 3.68. The van der Waals surface area contributed by atoms with Crippen molar-refractivity contribution >= 4 is 12.4 Å². The van der Waals surface area contributed by atoms with E-state index in [2.05, 4.69) is 27.4 Å². The van der Waals surface area contributed by atoms with Crippen molar-refractivity contribution < 1.29 is 4.74 Å². The van der Waals surface area contributed by atoms with Gasteiger partial charge in [-0.3, -0.25) is 4.90 Å². The number of nitrogens with one attached hydrogen (secondary N) is 1. The SMILES string of the molecule is COc1ccccc1-n1nccc1CN1CCC2(CCNCC2)C1.Cl. The molecule has 0 unspecified atom stereocenters. The van der Waals surface area contributed by atoms with Crippen LogP contribution in [0.4, 0.5) is 0 Å². The summed E-state index contributed by atoms with van der Waals surface area (Å²) in [5, 5.41) is 8.03. The molecular formula is C19H27ClN4O. The average molecular weight is 363 g/mol. The highest BCUT2D eigenvalue weighted by Crippen LogP contribution is 2.39. The van der Waals surface area contributed by atoms with Gasteiger partial charge in [-0.25, -0.2) is 4.68 Å². The smallest absolute Gasteiger partial charge is 0.144 e. The topological polar surface area (TPSA) is 42.3 Å². The van der Waals surface area contributed by atoms with Gasteiger partial charge in [0.05, 0.1) is 12.8 Å². The largest absolute Gasteiger partial charge is 0.494 e. The Morgan fingerprint density at radius 1 is 1.16 bits per heavy atom. The van der Waals surface area contributed by atoms with Crippen LogP contribution in [0.15, 0.2) is 36.5 Å². The van der Waals surface area contributed by atoms with Crippen molar-refractivity contribution in [3.63, 3.8) is 0 Å². The zero-order valence-corrected chi connectivity index (χ0v) is 15.6. The molecule has 2 aliphatic rings. The molecule has 0 aliphatic carbocycles. The second-order valence-corrected chi connectivity index (χ2v) is 7.12. The minimum absolute atomic E-state index is 0. The molecule has 3 heterocycles. The molecule has 6 heteroatoms. The average Bonchev–Trinajstić information content (AvgIpc) is 3.23. The molecule has 136 valence electrons. The summed E-state index contributed by atoms with van der Waals surface area (Å²) in [6.45, 7) is 5.70. The fourth-order valence-corrected chi connectivity index (χ4v) is 4.23. The quantitative estimate of drug-likeness (QED) is 0.908. The van der Waals surface area contributed by atoms with Crippen molar-refractivity contribution in [2.45, 2.75) is 25.8 Å². The van der Waals surface area contributed by atoms with E-state index in [4.69, 9.17) is 4.74 Å². The maximum Gasteiger partial charge on any atom is 0.144 e. The first kappa shape index (κ1) is 18.2. The molecule has 1 aromatic heterocycles. The lowest BCUT2D eigenvalue weighted by Gasteiger charge is -2.33.